The number of thiophene rings is 1. The Labute approximate surface area is 208 Å². The minimum Gasteiger partial charge on any atom is -0.352 e. The monoisotopic (exact) mass is 482 g/mol. The van der Waals surface area contributed by atoms with E-state index in [1.165, 1.54) is 11.3 Å². The quantitative estimate of drug-likeness (QED) is 0.512. The number of benzene rings is 2. The van der Waals surface area contributed by atoms with Crippen LogP contribution in [0.15, 0.2) is 72.1 Å². The number of rotatable bonds is 3. The third-order valence-electron chi connectivity index (χ3n) is 7.60. The van der Waals surface area contributed by atoms with Crippen LogP contribution >= 0.6 is 11.3 Å². The minimum atomic E-state index is -1.23. The maximum atomic E-state index is 14.3. The van der Waals surface area contributed by atoms with E-state index in [-0.39, 0.29) is 17.5 Å². The number of nitrogens with zero attached hydrogens (tertiary/aromatic N) is 1. The molecular weight excluding hydrogens is 456 g/mol. The first-order valence-corrected chi connectivity index (χ1v) is 12.7. The molecule has 6 heteroatoms. The molecule has 1 fully saturated rings. The van der Waals surface area contributed by atoms with Crippen LogP contribution in [-0.2, 0) is 15.0 Å². The van der Waals surface area contributed by atoms with Crippen molar-refractivity contribution < 1.29 is 14.4 Å². The molecule has 176 valence electrons. The van der Waals surface area contributed by atoms with Gasteiger partial charge in [-0.2, -0.15) is 0 Å². The summed E-state index contributed by atoms with van der Waals surface area (Å²) in [4.78, 5) is 45.3. The number of fused-ring (bicyclic) bond motifs is 6. The standard InChI is InChI=1S/C29H26N2O3S/c1-28(2,3)26(33)24-23(25(32)21-13-8-16-35-21)29(18-10-5-6-11-19(18)30-27(29)34)22-15-14-17-9-4-7-12-20(17)31(22)24/h4-16,22-24H,1-3H3,(H,30,34). The van der Waals surface area contributed by atoms with Gasteiger partial charge in [-0.25, -0.2) is 0 Å². The predicted molar refractivity (Wildman–Crippen MR) is 139 cm³/mol. The van der Waals surface area contributed by atoms with Crippen LogP contribution in [0.3, 0.4) is 0 Å². The molecule has 3 aliphatic rings. The summed E-state index contributed by atoms with van der Waals surface area (Å²) in [7, 11) is 0. The van der Waals surface area contributed by atoms with Gasteiger partial charge in [0.25, 0.3) is 0 Å². The molecule has 1 N–H and O–H groups in total. The zero-order chi connectivity index (χ0) is 24.5. The van der Waals surface area contributed by atoms with E-state index in [9.17, 15) is 14.4 Å². The Morgan fingerprint density at radius 1 is 1.00 bits per heavy atom. The van der Waals surface area contributed by atoms with Gasteiger partial charge in [-0.15, -0.1) is 11.3 Å². The number of hydrogen-bond donors (Lipinski definition) is 1. The second-order valence-electron chi connectivity index (χ2n) is 10.5. The van der Waals surface area contributed by atoms with E-state index in [0.717, 1.165) is 16.8 Å². The van der Waals surface area contributed by atoms with Crippen molar-refractivity contribution in [1.29, 1.82) is 0 Å². The summed E-state index contributed by atoms with van der Waals surface area (Å²) in [6.45, 7) is 5.66. The SMILES string of the molecule is CC(C)(C)C(=O)C1C(C(=O)c2cccs2)C2(C(=O)Nc3ccccc32)C2C=Cc3ccccc3N12. The third-order valence-corrected chi connectivity index (χ3v) is 8.48. The van der Waals surface area contributed by atoms with E-state index in [2.05, 4.69) is 10.2 Å². The highest BCUT2D eigenvalue weighted by atomic mass is 32.1. The highest BCUT2D eigenvalue weighted by Gasteiger charge is 2.70. The fourth-order valence-corrected chi connectivity index (χ4v) is 6.84. The molecule has 4 atom stereocenters. The molecule has 1 saturated heterocycles. The number of nitrogens with one attached hydrogen (secondary N) is 1. The average molecular weight is 483 g/mol. The minimum absolute atomic E-state index is 0.0448. The number of hydrogen-bond acceptors (Lipinski definition) is 5. The van der Waals surface area contributed by atoms with E-state index in [0.29, 0.717) is 10.6 Å². The number of Topliss-reactive ketones (excluding diaryl/α,β-unsaturated/α-hetero) is 2. The van der Waals surface area contributed by atoms with Crippen molar-refractivity contribution >= 4 is 46.3 Å². The van der Waals surface area contributed by atoms with Crippen LogP contribution in [0, 0.1) is 11.3 Å². The van der Waals surface area contributed by atoms with E-state index in [4.69, 9.17) is 0 Å². The van der Waals surface area contributed by atoms with Crippen LogP contribution in [0.4, 0.5) is 11.4 Å². The van der Waals surface area contributed by atoms with Crippen LogP contribution in [-0.4, -0.2) is 29.6 Å². The second kappa shape index (κ2) is 7.49. The van der Waals surface area contributed by atoms with Gasteiger partial charge in [-0.05, 0) is 34.7 Å². The van der Waals surface area contributed by atoms with E-state index in [1.807, 2.05) is 92.9 Å². The Balaban J connectivity index is 1.69. The van der Waals surface area contributed by atoms with Gasteiger partial charge in [0, 0.05) is 16.8 Å². The molecule has 5 nitrogen and oxygen atoms in total. The lowest BCUT2D eigenvalue weighted by Gasteiger charge is -2.38. The molecule has 4 unspecified atom stereocenters. The summed E-state index contributed by atoms with van der Waals surface area (Å²) in [6.07, 6.45) is 4.03. The molecule has 1 amide bonds. The molecule has 0 radical (unpaired) electrons. The van der Waals surface area contributed by atoms with Gasteiger partial charge in [-0.1, -0.05) is 75.4 Å². The Bertz CT molecular complexity index is 1400. The van der Waals surface area contributed by atoms with Crippen LogP contribution in [0.25, 0.3) is 6.08 Å². The van der Waals surface area contributed by atoms with Gasteiger partial charge in [0.2, 0.25) is 5.91 Å². The normalized spacial score (nSPS) is 26.3. The van der Waals surface area contributed by atoms with Gasteiger partial charge in [0.15, 0.2) is 11.6 Å². The fourth-order valence-electron chi connectivity index (χ4n) is 6.14. The first-order chi connectivity index (χ1) is 16.8. The topological polar surface area (TPSA) is 66.5 Å². The molecule has 1 spiro atoms. The van der Waals surface area contributed by atoms with Crippen LogP contribution in [0.2, 0.25) is 0 Å². The Hall–Kier alpha value is -3.51. The van der Waals surface area contributed by atoms with Gasteiger partial charge >= 0.3 is 0 Å². The van der Waals surface area contributed by atoms with Crippen molar-refractivity contribution in [3.05, 3.63) is 88.1 Å². The number of para-hydroxylation sites is 2. The van der Waals surface area contributed by atoms with Gasteiger partial charge in [0.05, 0.1) is 16.8 Å². The van der Waals surface area contributed by atoms with Gasteiger partial charge in [0.1, 0.15) is 11.5 Å². The summed E-state index contributed by atoms with van der Waals surface area (Å²) >= 11 is 1.35. The number of ketones is 2. The number of carbonyl (C=O) groups is 3. The van der Waals surface area contributed by atoms with Crippen molar-refractivity contribution in [1.82, 2.24) is 0 Å². The molecule has 0 saturated carbocycles. The lowest BCUT2D eigenvalue weighted by atomic mass is 9.64. The summed E-state index contributed by atoms with van der Waals surface area (Å²) in [6, 6.07) is 17.8. The van der Waals surface area contributed by atoms with Crippen molar-refractivity contribution in [2.75, 3.05) is 10.2 Å². The smallest absolute Gasteiger partial charge is 0.238 e. The average Bonchev–Trinajstić information content (AvgIpc) is 3.55. The van der Waals surface area contributed by atoms with Crippen molar-refractivity contribution in [2.45, 2.75) is 38.3 Å². The fraction of sp³-hybridized carbons (Fsp3) is 0.276. The van der Waals surface area contributed by atoms with Crippen molar-refractivity contribution in [2.24, 2.45) is 11.3 Å². The summed E-state index contributed by atoms with van der Waals surface area (Å²) in [5.41, 5.74) is 1.40. The Morgan fingerprint density at radius 3 is 2.49 bits per heavy atom. The molecule has 6 rings (SSSR count). The van der Waals surface area contributed by atoms with Gasteiger partial charge < -0.3 is 10.2 Å². The van der Waals surface area contributed by atoms with Crippen LogP contribution in [0.5, 0.6) is 0 Å². The van der Waals surface area contributed by atoms with Crippen molar-refractivity contribution in [3.8, 4) is 0 Å². The molecule has 0 aliphatic carbocycles. The predicted octanol–water partition coefficient (Wildman–Crippen LogP) is 5.34. The molecule has 4 heterocycles. The molecule has 0 bridgehead atoms. The highest BCUT2D eigenvalue weighted by molar-refractivity contribution is 7.12. The zero-order valence-electron chi connectivity index (χ0n) is 19.8. The summed E-state index contributed by atoms with van der Waals surface area (Å²) in [5, 5.41) is 4.92. The third kappa shape index (κ3) is 2.89. The Morgan fingerprint density at radius 2 is 1.74 bits per heavy atom. The molecule has 2 aromatic carbocycles. The van der Waals surface area contributed by atoms with Crippen LogP contribution in [0.1, 0.15) is 41.6 Å². The number of anilines is 2. The summed E-state index contributed by atoms with van der Waals surface area (Å²) < 4.78 is 0. The molecule has 3 aliphatic heterocycles. The zero-order valence-corrected chi connectivity index (χ0v) is 20.6. The van der Waals surface area contributed by atoms with E-state index < -0.39 is 28.8 Å². The van der Waals surface area contributed by atoms with E-state index >= 15 is 0 Å². The summed E-state index contributed by atoms with van der Waals surface area (Å²) in [5.74, 6) is -1.31. The lowest BCUT2D eigenvalue weighted by Crippen LogP contribution is -2.51. The molecular formula is C29H26N2O3S. The number of carbonyl (C=O) groups excluding carboxylic acids is 3. The molecule has 3 aromatic rings. The first-order valence-electron chi connectivity index (χ1n) is 11.8. The second-order valence-corrected chi connectivity index (χ2v) is 11.5. The lowest BCUT2D eigenvalue weighted by molar-refractivity contribution is -0.128. The Kier molecular flexibility index (Phi) is 4.71. The van der Waals surface area contributed by atoms with Crippen molar-refractivity contribution in [3.63, 3.8) is 0 Å². The molecule has 35 heavy (non-hydrogen) atoms. The molecule has 1 aromatic heterocycles. The first kappa shape index (κ1) is 22.0. The van der Waals surface area contributed by atoms with E-state index in [1.54, 1.807) is 6.07 Å². The van der Waals surface area contributed by atoms with Crippen LogP contribution < -0.4 is 10.2 Å². The largest absolute Gasteiger partial charge is 0.352 e. The van der Waals surface area contributed by atoms with Gasteiger partial charge in [-0.3, -0.25) is 14.4 Å². The maximum absolute atomic E-state index is 14.3. The highest BCUT2D eigenvalue weighted by Crippen LogP contribution is 2.58. The number of amides is 1. The maximum Gasteiger partial charge on any atom is 0.238 e.